The summed E-state index contributed by atoms with van der Waals surface area (Å²) in [6.45, 7) is 4.28. The Morgan fingerprint density at radius 2 is 1.85 bits per heavy atom. The van der Waals surface area contributed by atoms with Crippen molar-refractivity contribution in [3.8, 4) is 0 Å². The Hall–Kier alpha value is -1.72. The molecule has 0 aliphatic heterocycles. The molecule has 26 heavy (non-hydrogen) atoms. The van der Waals surface area contributed by atoms with E-state index < -0.39 is 10.9 Å². The third kappa shape index (κ3) is 2.16. The fourth-order valence-electron chi connectivity index (χ4n) is 7.30. The van der Waals surface area contributed by atoms with Gasteiger partial charge in [-0.25, -0.2) is 0 Å². The third-order valence-corrected chi connectivity index (χ3v) is 8.57. The highest BCUT2D eigenvalue weighted by atomic mass is 16.6. The quantitative estimate of drug-likeness (QED) is 0.595. The average molecular weight is 361 g/mol. The molecule has 0 radical (unpaired) electrons. The SMILES string of the molecule is CC12CCC(=O)C([N+](=O)[O-])=C1CCC1C2CCC2(C)C(C(=O)O)CCC12. The number of carbonyl (C=O) groups excluding carboxylic acids is 1. The van der Waals surface area contributed by atoms with Crippen LogP contribution in [0.2, 0.25) is 0 Å². The molecular formula is C20H27NO5. The van der Waals surface area contributed by atoms with E-state index >= 15 is 0 Å². The number of ketones is 1. The molecule has 0 spiro atoms. The van der Waals surface area contributed by atoms with E-state index in [0.29, 0.717) is 30.6 Å². The van der Waals surface area contributed by atoms with Gasteiger partial charge < -0.3 is 5.11 Å². The van der Waals surface area contributed by atoms with Crippen LogP contribution in [0.15, 0.2) is 11.3 Å². The van der Waals surface area contributed by atoms with Crippen LogP contribution in [0.4, 0.5) is 0 Å². The molecule has 142 valence electrons. The lowest BCUT2D eigenvalue weighted by Crippen LogP contribution is -2.52. The van der Waals surface area contributed by atoms with Gasteiger partial charge in [-0.15, -0.1) is 0 Å². The van der Waals surface area contributed by atoms with E-state index in [2.05, 4.69) is 13.8 Å². The number of hydrogen-bond acceptors (Lipinski definition) is 4. The molecule has 6 atom stereocenters. The minimum Gasteiger partial charge on any atom is -0.481 e. The first kappa shape index (κ1) is 17.7. The van der Waals surface area contributed by atoms with E-state index in [9.17, 15) is 24.8 Å². The van der Waals surface area contributed by atoms with E-state index in [1.54, 1.807) is 0 Å². The highest BCUT2D eigenvalue weighted by molar-refractivity contribution is 5.95. The van der Waals surface area contributed by atoms with E-state index in [1.807, 2.05) is 0 Å². The standard InChI is InChI=1S/C20H27NO5/c1-19-10-8-16(22)17(21(25)26)14(19)4-3-11-12-5-6-15(18(23)24)20(12,2)9-7-13(11)19/h11-13,15H,3-10H2,1-2H3,(H,23,24). The largest absolute Gasteiger partial charge is 0.481 e. The first-order chi connectivity index (χ1) is 12.2. The number of nitrogens with zero attached hydrogens (tertiary/aromatic N) is 1. The van der Waals surface area contributed by atoms with Crippen molar-refractivity contribution in [2.24, 2.45) is 34.5 Å². The van der Waals surface area contributed by atoms with E-state index in [4.69, 9.17) is 0 Å². The second-order valence-corrected chi connectivity index (χ2v) is 9.35. The van der Waals surface area contributed by atoms with Gasteiger partial charge in [0.2, 0.25) is 5.78 Å². The zero-order valence-electron chi connectivity index (χ0n) is 15.5. The van der Waals surface area contributed by atoms with Crippen LogP contribution in [0.5, 0.6) is 0 Å². The maximum absolute atomic E-state index is 12.2. The van der Waals surface area contributed by atoms with Crippen molar-refractivity contribution in [2.45, 2.75) is 65.2 Å². The molecule has 6 heteroatoms. The second-order valence-electron chi connectivity index (χ2n) is 9.35. The van der Waals surface area contributed by atoms with Crippen LogP contribution in [-0.2, 0) is 9.59 Å². The van der Waals surface area contributed by atoms with Crippen LogP contribution in [-0.4, -0.2) is 21.8 Å². The van der Waals surface area contributed by atoms with Gasteiger partial charge in [-0.1, -0.05) is 13.8 Å². The van der Waals surface area contributed by atoms with Crippen molar-refractivity contribution < 1.29 is 19.6 Å². The summed E-state index contributed by atoms with van der Waals surface area (Å²) in [6.07, 6.45) is 5.92. The molecule has 4 aliphatic rings. The van der Waals surface area contributed by atoms with E-state index in [-0.39, 0.29) is 34.6 Å². The lowest BCUT2D eigenvalue weighted by atomic mass is 9.46. The molecule has 6 nitrogen and oxygen atoms in total. The monoisotopic (exact) mass is 361 g/mol. The highest BCUT2D eigenvalue weighted by Crippen LogP contribution is 2.67. The third-order valence-electron chi connectivity index (χ3n) is 8.57. The lowest BCUT2D eigenvalue weighted by molar-refractivity contribution is -0.422. The summed E-state index contributed by atoms with van der Waals surface area (Å²) in [6, 6.07) is 0. The first-order valence-corrected chi connectivity index (χ1v) is 9.84. The van der Waals surface area contributed by atoms with Crippen LogP contribution in [0.3, 0.4) is 0 Å². The number of Topliss-reactive ketones (excluding diaryl/α,β-unsaturated/α-hetero) is 1. The summed E-state index contributed by atoms with van der Waals surface area (Å²) in [5.74, 6) is -0.103. The number of carboxylic acid groups (broad SMARTS) is 1. The Labute approximate surface area is 153 Å². The van der Waals surface area contributed by atoms with Gasteiger partial charge >= 0.3 is 11.7 Å². The maximum atomic E-state index is 12.2. The molecule has 0 aromatic rings. The normalized spacial score (nSPS) is 44.9. The van der Waals surface area contributed by atoms with Gasteiger partial charge in [0.15, 0.2) is 0 Å². The van der Waals surface area contributed by atoms with Gasteiger partial charge in [0.1, 0.15) is 0 Å². The Balaban J connectivity index is 1.72. The van der Waals surface area contributed by atoms with Crippen LogP contribution < -0.4 is 0 Å². The molecule has 0 heterocycles. The number of carboxylic acids is 1. The van der Waals surface area contributed by atoms with Crippen molar-refractivity contribution in [1.29, 1.82) is 0 Å². The van der Waals surface area contributed by atoms with Crippen LogP contribution in [0, 0.1) is 44.6 Å². The first-order valence-electron chi connectivity index (χ1n) is 9.84. The van der Waals surface area contributed by atoms with Crippen LogP contribution >= 0.6 is 0 Å². The van der Waals surface area contributed by atoms with E-state index in [0.717, 1.165) is 37.7 Å². The molecule has 0 saturated heterocycles. The number of fused-ring (bicyclic) bond motifs is 5. The zero-order chi connectivity index (χ0) is 18.9. The molecule has 6 unspecified atom stereocenters. The van der Waals surface area contributed by atoms with Gasteiger partial charge in [-0.05, 0) is 73.5 Å². The zero-order valence-corrected chi connectivity index (χ0v) is 15.5. The smallest absolute Gasteiger partial charge is 0.311 e. The summed E-state index contributed by atoms with van der Waals surface area (Å²) in [7, 11) is 0. The Bertz CT molecular complexity index is 728. The van der Waals surface area contributed by atoms with Crippen molar-refractivity contribution >= 4 is 11.8 Å². The fourth-order valence-corrected chi connectivity index (χ4v) is 7.30. The second kappa shape index (κ2) is 5.64. The average Bonchev–Trinajstić information content (AvgIpc) is 2.92. The highest BCUT2D eigenvalue weighted by Gasteiger charge is 2.61. The van der Waals surface area contributed by atoms with Crippen molar-refractivity contribution in [3.63, 3.8) is 0 Å². The molecular weight excluding hydrogens is 334 g/mol. The summed E-state index contributed by atoms with van der Waals surface area (Å²) < 4.78 is 0. The molecule has 0 aromatic heterocycles. The molecule has 0 amide bonds. The Morgan fingerprint density at radius 1 is 1.12 bits per heavy atom. The number of carbonyl (C=O) groups is 2. The molecule has 1 N–H and O–H groups in total. The number of aliphatic carboxylic acids is 1. The van der Waals surface area contributed by atoms with Gasteiger partial charge in [0.05, 0.1) is 10.8 Å². The number of allylic oxidation sites excluding steroid dienone is 1. The van der Waals surface area contributed by atoms with Gasteiger partial charge in [-0.2, -0.15) is 0 Å². The molecule has 4 rings (SSSR count). The predicted octanol–water partition coefficient (Wildman–Crippen LogP) is 3.82. The number of rotatable bonds is 2. The Kier molecular flexibility index (Phi) is 3.83. The summed E-state index contributed by atoms with van der Waals surface area (Å²) >= 11 is 0. The van der Waals surface area contributed by atoms with Crippen molar-refractivity contribution in [1.82, 2.24) is 0 Å². The number of nitro groups is 1. The van der Waals surface area contributed by atoms with E-state index in [1.165, 1.54) is 0 Å². The van der Waals surface area contributed by atoms with Gasteiger partial charge in [0, 0.05) is 12.0 Å². The number of hydrogen-bond donors (Lipinski definition) is 1. The molecule has 3 fully saturated rings. The van der Waals surface area contributed by atoms with Gasteiger partial charge in [-0.3, -0.25) is 19.7 Å². The summed E-state index contributed by atoms with van der Waals surface area (Å²) in [5, 5.41) is 21.2. The van der Waals surface area contributed by atoms with Crippen LogP contribution in [0.25, 0.3) is 0 Å². The van der Waals surface area contributed by atoms with Gasteiger partial charge in [0.25, 0.3) is 0 Å². The summed E-state index contributed by atoms with van der Waals surface area (Å²) in [4.78, 5) is 35.0. The topological polar surface area (TPSA) is 97.5 Å². The lowest BCUT2D eigenvalue weighted by Gasteiger charge is -2.57. The Morgan fingerprint density at radius 3 is 2.50 bits per heavy atom. The fraction of sp³-hybridized carbons (Fsp3) is 0.800. The molecule has 0 aromatic carbocycles. The molecule has 3 saturated carbocycles. The minimum absolute atomic E-state index is 0.139. The summed E-state index contributed by atoms with van der Waals surface area (Å²) in [5.41, 5.74) is 0.208. The predicted molar refractivity (Wildman–Crippen MR) is 93.8 cm³/mol. The van der Waals surface area contributed by atoms with Crippen molar-refractivity contribution in [3.05, 3.63) is 21.4 Å². The molecule has 4 aliphatic carbocycles. The molecule has 0 bridgehead atoms. The van der Waals surface area contributed by atoms with Crippen LogP contribution in [0.1, 0.15) is 65.2 Å². The minimum atomic E-state index is -0.671. The van der Waals surface area contributed by atoms with Crippen molar-refractivity contribution in [2.75, 3.05) is 0 Å². The maximum Gasteiger partial charge on any atom is 0.311 e.